The number of hydrogen-bond acceptors (Lipinski definition) is 4. The van der Waals surface area contributed by atoms with Gasteiger partial charge in [-0.3, -0.25) is 4.79 Å². The summed E-state index contributed by atoms with van der Waals surface area (Å²) in [7, 11) is 0. The summed E-state index contributed by atoms with van der Waals surface area (Å²) in [6, 6.07) is 16.4. The van der Waals surface area contributed by atoms with Crippen molar-refractivity contribution in [2.24, 2.45) is 0 Å². The smallest absolute Gasteiger partial charge is 0.318 e. The number of carbonyl (C=O) groups excluding carboxylic acids is 2. The van der Waals surface area contributed by atoms with Crippen molar-refractivity contribution >= 4 is 17.6 Å². The number of urea groups is 1. The maximum Gasteiger partial charge on any atom is 0.318 e. The van der Waals surface area contributed by atoms with Gasteiger partial charge < -0.3 is 25.0 Å². The third-order valence-electron chi connectivity index (χ3n) is 4.79. The molecule has 154 valence electrons. The number of aliphatic hydroxyl groups is 1. The van der Waals surface area contributed by atoms with Crippen LogP contribution in [0.3, 0.4) is 0 Å². The van der Waals surface area contributed by atoms with E-state index in [1.54, 1.807) is 9.80 Å². The molecule has 1 atom stereocenters. The van der Waals surface area contributed by atoms with Crippen molar-refractivity contribution in [3.63, 3.8) is 0 Å². The molecule has 1 fully saturated rings. The highest BCUT2D eigenvalue weighted by Crippen LogP contribution is 2.24. The van der Waals surface area contributed by atoms with Crippen LogP contribution in [0.2, 0.25) is 0 Å². The van der Waals surface area contributed by atoms with Gasteiger partial charge in [-0.15, -0.1) is 0 Å². The molecule has 2 N–H and O–H groups in total. The Morgan fingerprint density at radius 2 is 1.93 bits per heavy atom. The molecule has 0 aliphatic carbocycles. The van der Waals surface area contributed by atoms with Crippen LogP contribution in [0.15, 0.2) is 54.6 Å². The van der Waals surface area contributed by atoms with Gasteiger partial charge in [0.05, 0.1) is 19.3 Å². The molecule has 0 radical (unpaired) electrons. The average Bonchev–Trinajstić information content (AvgIpc) is 3.09. The van der Waals surface area contributed by atoms with Crippen LogP contribution in [0.1, 0.15) is 18.9 Å². The SMILES string of the molecule is CCOc1ccc(N2C[C@@H](NC(=O)N(CCO)Cc3ccccc3)CC2=O)cc1. The maximum atomic E-state index is 12.7. The van der Waals surface area contributed by atoms with Crippen molar-refractivity contribution in [3.05, 3.63) is 60.2 Å². The highest BCUT2D eigenvalue weighted by atomic mass is 16.5. The molecular weight excluding hydrogens is 370 g/mol. The van der Waals surface area contributed by atoms with Gasteiger partial charge >= 0.3 is 6.03 Å². The van der Waals surface area contributed by atoms with E-state index in [1.165, 1.54) is 0 Å². The number of hydrogen-bond donors (Lipinski definition) is 2. The predicted molar refractivity (Wildman–Crippen MR) is 111 cm³/mol. The average molecular weight is 397 g/mol. The summed E-state index contributed by atoms with van der Waals surface area (Å²) in [6.07, 6.45) is 0.247. The molecule has 2 aromatic rings. The van der Waals surface area contributed by atoms with Crippen molar-refractivity contribution < 1.29 is 19.4 Å². The van der Waals surface area contributed by atoms with Crippen molar-refractivity contribution in [3.8, 4) is 5.75 Å². The summed E-state index contributed by atoms with van der Waals surface area (Å²) in [5, 5.41) is 12.3. The van der Waals surface area contributed by atoms with Gasteiger partial charge in [-0.2, -0.15) is 0 Å². The fourth-order valence-electron chi connectivity index (χ4n) is 3.39. The summed E-state index contributed by atoms with van der Waals surface area (Å²) < 4.78 is 5.44. The first-order chi connectivity index (χ1) is 14.1. The summed E-state index contributed by atoms with van der Waals surface area (Å²) in [5.74, 6) is 0.726. The van der Waals surface area contributed by atoms with Gasteiger partial charge in [0.1, 0.15) is 5.75 Å². The van der Waals surface area contributed by atoms with Gasteiger partial charge in [-0.1, -0.05) is 30.3 Å². The van der Waals surface area contributed by atoms with Crippen LogP contribution >= 0.6 is 0 Å². The van der Waals surface area contributed by atoms with Crippen molar-refractivity contribution in [2.45, 2.75) is 25.9 Å². The third kappa shape index (κ3) is 5.48. The number of nitrogens with zero attached hydrogens (tertiary/aromatic N) is 2. The molecule has 1 saturated heterocycles. The van der Waals surface area contributed by atoms with Gasteiger partial charge in [0.15, 0.2) is 0 Å². The van der Waals surface area contributed by atoms with E-state index >= 15 is 0 Å². The number of benzene rings is 2. The Balaban J connectivity index is 1.60. The molecule has 0 spiro atoms. The second-order valence-electron chi connectivity index (χ2n) is 6.91. The maximum absolute atomic E-state index is 12.7. The minimum Gasteiger partial charge on any atom is -0.494 e. The van der Waals surface area contributed by atoms with Crippen molar-refractivity contribution in [2.75, 3.05) is 31.2 Å². The number of anilines is 1. The topological polar surface area (TPSA) is 82.1 Å². The number of amides is 3. The molecule has 2 aromatic carbocycles. The highest BCUT2D eigenvalue weighted by Gasteiger charge is 2.32. The number of rotatable bonds is 8. The second-order valence-corrected chi connectivity index (χ2v) is 6.91. The zero-order chi connectivity index (χ0) is 20.6. The quantitative estimate of drug-likeness (QED) is 0.717. The first kappa shape index (κ1) is 20.7. The van der Waals surface area contributed by atoms with Gasteiger partial charge in [0.2, 0.25) is 5.91 Å². The van der Waals surface area contributed by atoms with Crippen LogP contribution in [0, 0.1) is 0 Å². The lowest BCUT2D eigenvalue weighted by Gasteiger charge is -2.24. The predicted octanol–water partition coefficient (Wildman–Crippen LogP) is 2.39. The third-order valence-corrected chi connectivity index (χ3v) is 4.79. The standard InChI is InChI=1S/C22H27N3O4/c1-2-29-20-10-8-19(9-11-20)25-16-18(14-21(25)27)23-22(28)24(12-13-26)15-17-6-4-3-5-7-17/h3-11,18,26H,2,12-16H2,1H3,(H,23,28)/t18-/m0/s1. The molecule has 1 aliphatic rings. The van der Waals surface area contributed by atoms with Gasteiger partial charge in [-0.05, 0) is 36.8 Å². The second kappa shape index (κ2) is 9.93. The van der Waals surface area contributed by atoms with Crippen LogP contribution in [0.5, 0.6) is 5.75 Å². The minimum atomic E-state index is -0.283. The minimum absolute atomic E-state index is 0.0313. The summed E-state index contributed by atoms with van der Waals surface area (Å²) >= 11 is 0. The van der Waals surface area contributed by atoms with E-state index in [0.717, 1.165) is 17.0 Å². The van der Waals surface area contributed by atoms with Gasteiger partial charge in [-0.25, -0.2) is 4.79 Å². The fourth-order valence-corrected chi connectivity index (χ4v) is 3.39. The fraction of sp³-hybridized carbons (Fsp3) is 0.364. The Morgan fingerprint density at radius 3 is 2.59 bits per heavy atom. The molecule has 1 heterocycles. The lowest BCUT2D eigenvalue weighted by atomic mass is 10.2. The summed E-state index contributed by atoms with van der Waals surface area (Å²) in [5.41, 5.74) is 1.77. The van der Waals surface area contributed by atoms with Crippen LogP contribution in [0.25, 0.3) is 0 Å². The number of nitrogens with one attached hydrogen (secondary N) is 1. The Bertz CT molecular complexity index is 811. The number of carbonyl (C=O) groups is 2. The van der Waals surface area contributed by atoms with Crippen molar-refractivity contribution in [1.29, 1.82) is 0 Å². The molecule has 0 aromatic heterocycles. The molecule has 7 heteroatoms. The molecule has 3 amide bonds. The molecule has 0 unspecified atom stereocenters. The lowest BCUT2D eigenvalue weighted by Crippen LogP contribution is -2.46. The largest absolute Gasteiger partial charge is 0.494 e. The van der Waals surface area contributed by atoms with Crippen molar-refractivity contribution in [1.82, 2.24) is 10.2 Å². The van der Waals surface area contributed by atoms with Gasteiger partial charge in [0, 0.05) is 31.7 Å². The first-order valence-corrected chi connectivity index (χ1v) is 9.84. The molecule has 3 rings (SSSR count). The lowest BCUT2D eigenvalue weighted by molar-refractivity contribution is -0.117. The monoisotopic (exact) mass is 397 g/mol. The van der Waals surface area contributed by atoms with E-state index in [1.807, 2.05) is 61.5 Å². The highest BCUT2D eigenvalue weighted by molar-refractivity contribution is 5.96. The van der Waals surface area contributed by atoms with E-state index in [9.17, 15) is 14.7 Å². The Labute approximate surface area is 170 Å². The van der Waals surface area contributed by atoms with E-state index < -0.39 is 0 Å². The number of aliphatic hydroxyl groups excluding tert-OH is 1. The zero-order valence-corrected chi connectivity index (χ0v) is 16.6. The van der Waals surface area contributed by atoms with Crippen LogP contribution < -0.4 is 15.0 Å². The van der Waals surface area contributed by atoms with E-state index in [4.69, 9.17) is 4.74 Å². The Hall–Kier alpha value is -3.06. The van der Waals surface area contributed by atoms with E-state index in [-0.39, 0.29) is 37.6 Å². The van der Waals surface area contributed by atoms with Crippen LogP contribution in [-0.2, 0) is 11.3 Å². The Morgan fingerprint density at radius 1 is 1.21 bits per heavy atom. The first-order valence-electron chi connectivity index (χ1n) is 9.84. The molecule has 29 heavy (non-hydrogen) atoms. The molecule has 0 saturated carbocycles. The number of ether oxygens (including phenoxy) is 1. The van der Waals surface area contributed by atoms with E-state index in [2.05, 4.69) is 5.32 Å². The normalized spacial score (nSPS) is 16.0. The van der Waals surface area contributed by atoms with Gasteiger partial charge in [0.25, 0.3) is 0 Å². The molecular formula is C22H27N3O4. The summed E-state index contributed by atoms with van der Waals surface area (Å²) in [4.78, 5) is 28.4. The van der Waals surface area contributed by atoms with E-state index in [0.29, 0.717) is 19.7 Å². The molecule has 1 aliphatic heterocycles. The molecule has 7 nitrogen and oxygen atoms in total. The van der Waals surface area contributed by atoms with Crippen LogP contribution in [-0.4, -0.2) is 54.3 Å². The Kier molecular flexibility index (Phi) is 7.08. The van der Waals surface area contributed by atoms with Crippen LogP contribution in [0.4, 0.5) is 10.5 Å². The zero-order valence-electron chi connectivity index (χ0n) is 16.6. The summed E-state index contributed by atoms with van der Waals surface area (Å²) in [6.45, 7) is 3.42. The molecule has 0 bridgehead atoms.